The van der Waals surface area contributed by atoms with E-state index in [9.17, 15) is 9.59 Å². The van der Waals surface area contributed by atoms with E-state index < -0.39 is 0 Å². The number of rotatable bonds is 7. The number of nitrogens with two attached hydrogens (primary N) is 1. The minimum absolute atomic E-state index is 0.0239. The molecule has 5 heteroatoms. The second-order valence-electron chi connectivity index (χ2n) is 5.32. The second-order valence-corrected chi connectivity index (χ2v) is 5.32. The molecule has 0 spiro atoms. The van der Waals surface area contributed by atoms with Crippen LogP contribution in [-0.4, -0.2) is 24.9 Å². The molecule has 0 aromatic heterocycles. The van der Waals surface area contributed by atoms with Crippen LogP contribution < -0.4 is 16.4 Å². The van der Waals surface area contributed by atoms with Gasteiger partial charge in [0, 0.05) is 24.2 Å². The maximum atomic E-state index is 11.9. The SMILES string of the molecule is CCNC(=O)c1ccc(NC(=O)CCC(C)CN)c(C)c1. The van der Waals surface area contributed by atoms with E-state index in [1.807, 2.05) is 20.8 Å². The smallest absolute Gasteiger partial charge is 0.251 e. The molecule has 0 saturated carbocycles. The summed E-state index contributed by atoms with van der Waals surface area (Å²) in [5.41, 5.74) is 7.75. The molecule has 0 fully saturated rings. The lowest BCUT2D eigenvalue weighted by Crippen LogP contribution is -2.23. The summed E-state index contributed by atoms with van der Waals surface area (Å²) in [4.78, 5) is 23.6. The predicted molar refractivity (Wildman–Crippen MR) is 85.3 cm³/mol. The zero-order valence-corrected chi connectivity index (χ0v) is 13.0. The highest BCUT2D eigenvalue weighted by Crippen LogP contribution is 2.17. The van der Waals surface area contributed by atoms with Crippen molar-refractivity contribution in [1.29, 1.82) is 0 Å². The summed E-state index contributed by atoms with van der Waals surface area (Å²) >= 11 is 0. The van der Waals surface area contributed by atoms with Crippen LogP contribution in [0.15, 0.2) is 18.2 Å². The number of aryl methyl sites for hydroxylation is 1. The third-order valence-corrected chi connectivity index (χ3v) is 3.37. The predicted octanol–water partition coefficient (Wildman–Crippen LogP) is 2.06. The van der Waals surface area contributed by atoms with Crippen LogP contribution in [0.3, 0.4) is 0 Å². The van der Waals surface area contributed by atoms with Crippen molar-refractivity contribution in [2.75, 3.05) is 18.4 Å². The number of anilines is 1. The van der Waals surface area contributed by atoms with Gasteiger partial charge < -0.3 is 16.4 Å². The Labute approximate surface area is 126 Å². The van der Waals surface area contributed by atoms with Crippen molar-refractivity contribution < 1.29 is 9.59 Å². The molecule has 1 aromatic rings. The van der Waals surface area contributed by atoms with Gasteiger partial charge in [0.25, 0.3) is 5.91 Å². The number of carbonyl (C=O) groups excluding carboxylic acids is 2. The van der Waals surface area contributed by atoms with Gasteiger partial charge in [-0.1, -0.05) is 6.92 Å². The van der Waals surface area contributed by atoms with Gasteiger partial charge in [-0.2, -0.15) is 0 Å². The standard InChI is InChI=1S/C16H25N3O2/c1-4-18-16(21)13-6-7-14(12(3)9-13)19-15(20)8-5-11(2)10-17/h6-7,9,11H,4-5,8,10,17H2,1-3H3,(H,18,21)(H,19,20). The fraction of sp³-hybridized carbons (Fsp3) is 0.500. The summed E-state index contributed by atoms with van der Waals surface area (Å²) < 4.78 is 0. The molecule has 1 unspecified atom stereocenters. The minimum atomic E-state index is -0.102. The first-order valence-electron chi connectivity index (χ1n) is 7.36. The lowest BCUT2D eigenvalue weighted by atomic mass is 10.1. The Bertz CT molecular complexity index is 500. The summed E-state index contributed by atoms with van der Waals surface area (Å²) in [6.45, 7) is 6.96. The third kappa shape index (κ3) is 5.55. The van der Waals surface area contributed by atoms with Crippen molar-refractivity contribution in [3.63, 3.8) is 0 Å². The number of carbonyl (C=O) groups is 2. The molecule has 0 saturated heterocycles. The Morgan fingerprint density at radius 3 is 2.62 bits per heavy atom. The molecule has 0 aliphatic carbocycles. The average Bonchev–Trinajstić information content (AvgIpc) is 2.47. The lowest BCUT2D eigenvalue weighted by molar-refractivity contribution is -0.116. The first kappa shape index (κ1) is 17.2. The average molecular weight is 291 g/mol. The topological polar surface area (TPSA) is 84.2 Å². The van der Waals surface area contributed by atoms with E-state index in [4.69, 9.17) is 5.73 Å². The van der Waals surface area contributed by atoms with E-state index in [1.165, 1.54) is 0 Å². The molecule has 0 bridgehead atoms. The van der Waals surface area contributed by atoms with Gasteiger partial charge in [0.15, 0.2) is 0 Å². The van der Waals surface area contributed by atoms with Crippen LogP contribution >= 0.6 is 0 Å². The lowest BCUT2D eigenvalue weighted by Gasteiger charge is -2.11. The molecule has 116 valence electrons. The van der Waals surface area contributed by atoms with Gasteiger partial charge in [0.05, 0.1) is 0 Å². The number of nitrogens with one attached hydrogen (secondary N) is 2. The quantitative estimate of drug-likeness (QED) is 0.719. The number of hydrogen-bond donors (Lipinski definition) is 3. The molecular formula is C16H25N3O2. The van der Waals surface area contributed by atoms with E-state index in [1.54, 1.807) is 18.2 Å². The zero-order valence-electron chi connectivity index (χ0n) is 13.0. The molecule has 0 radical (unpaired) electrons. The maximum absolute atomic E-state index is 11.9. The Morgan fingerprint density at radius 2 is 2.05 bits per heavy atom. The number of hydrogen-bond acceptors (Lipinski definition) is 3. The molecule has 5 nitrogen and oxygen atoms in total. The van der Waals surface area contributed by atoms with Crippen molar-refractivity contribution in [1.82, 2.24) is 5.32 Å². The first-order valence-corrected chi connectivity index (χ1v) is 7.36. The monoisotopic (exact) mass is 291 g/mol. The van der Waals surface area contributed by atoms with Crippen molar-refractivity contribution >= 4 is 17.5 Å². The molecule has 0 aliphatic rings. The van der Waals surface area contributed by atoms with Crippen LogP contribution in [0.5, 0.6) is 0 Å². The molecule has 4 N–H and O–H groups in total. The van der Waals surface area contributed by atoms with Crippen LogP contribution in [0.4, 0.5) is 5.69 Å². The van der Waals surface area contributed by atoms with Gasteiger partial charge in [-0.25, -0.2) is 0 Å². The largest absolute Gasteiger partial charge is 0.352 e. The molecule has 2 amide bonds. The van der Waals surface area contributed by atoms with Crippen molar-refractivity contribution in [3.8, 4) is 0 Å². The summed E-state index contributed by atoms with van der Waals surface area (Å²) in [5.74, 6) is 0.219. The van der Waals surface area contributed by atoms with Crippen molar-refractivity contribution in [2.45, 2.75) is 33.6 Å². The van der Waals surface area contributed by atoms with E-state index in [0.29, 0.717) is 31.0 Å². The minimum Gasteiger partial charge on any atom is -0.352 e. The molecular weight excluding hydrogens is 266 g/mol. The maximum Gasteiger partial charge on any atom is 0.251 e. The van der Waals surface area contributed by atoms with Gasteiger partial charge >= 0.3 is 0 Å². The van der Waals surface area contributed by atoms with Gasteiger partial charge in [-0.15, -0.1) is 0 Å². The molecule has 0 aliphatic heterocycles. The fourth-order valence-corrected chi connectivity index (χ4v) is 1.92. The summed E-state index contributed by atoms with van der Waals surface area (Å²) in [6, 6.07) is 5.27. The van der Waals surface area contributed by atoms with Crippen LogP contribution in [0, 0.1) is 12.8 Å². The van der Waals surface area contributed by atoms with E-state index in [2.05, 4.69) is 10.6 Å². The van der Waals surface area contributed by atoms with Crippen molar-refractivity contribution in [3.05, 3.63) is 29.3 Å². The fourth-order valence-electron chi connectivity index (χ4n) is 1.92. The zero-order chi connectivity index (χ0) is 15.8. The van der Waals surface area contributed by atoms with Crippen LogP contribution in [0.25, 0.3) is 0 Å². The highest BCUT2D eigenvalue weighted by molar-refractivity contribution is 5.96. The molecule has 1 aromatic carbocycles. The Morgan fingerprint density at radius 1 is 1.33 bits per heavy atom. The Balaban J connectivity index is 2.64. The molecule has 21 heavy (non-hydrogen) atoms. The summed E-state index contributed by atoms with van der Waals surface area (Å²) in [6.07, 6.45) is 1.23. The van der Waals surface area contributed by atoms with Gasteiger partial charge in [-0.05, 0) is 56.5 Å². The van der Waals surface area contributed by atoms with E-state index >= 15 is 0 Å². The van der Waals surface area contributed by atoms with Crippen LogP contribution in [0.2, 0.25) is 0 Å². The van der Waals surface area contributed by atoms with Gasteiger partial charge in [-0.3, -0.25) is 9.59 Å². The highest BCUT2D eigenvalue weighted by atomic mass is 16.2. The van der Waals surface area contributed by atoms with E-state index in [-0.39, 0.29) is 11.8 Å². The summed E-state index contributed by atoms with van der Waals surface area (Å²) in [7, 11) is 0. The van der Waals surface area contributed by atoms with Crippen molar-refractivity contribution in [2.24, 2.45) is 11.7 Å². The van der Waals surface area contributed by atoms with Crippen LogP contribution in [-0.2, 0) is 4.79 Å². The molecule has 1 rings (SSSR count). The Kier molecular flexibility index (Phi) is 6.88. The third-order valence-electron chi connectivity index (χ3n) is 3.37. The Hall–Kier alpha value is -1.88. The second kappa shape index (κ2) is 8.42. The van der Waals surface area contributed by atoms with E-state index in [0.717, 1.165) is 17.7 Å². The molecule has 0 heterocycles. The summed E-state index contributed by atoms with van der Waals surface area (Å²) in [5, 5.41) is 5.63. The van der Waals surface area contributed by atoms with Gasteiger partial charge in [0.2, 0.25) is 5.91 Å². The number of amides is 2. The highest BCUT2D eigenvalue weighted by Gasteiger charge is 2.10. The first-order chi connectivity index (χ1) is 9.97. The molecule has 1 atom stereocenters. The normalized spacial score (nSPS) is 11.8. The van der Waals surface area contributed by atoms with Crippen LogP contribution in [0.1, 0.15) is 42.6 Å². The van der Waals surface area contributed by atoms with Gasteiger partial charge in [0.1, 0.15) is 0 Å². The number of benzene rings is 1.